The number of para-hydroxylation sites is 1. The van der Waals surface area contributed by atoms with Crippen LogP contribution >= 0.6 is 0 Å². The predicted molar refractivity (Wildman–Crippen MR) is 77.0 cm³/mol. The zero-order chi connectivity index (χ0) is 15.1. The molecule has 1 aromatic carbocycles. The first-order chi connectivity index (χ1) is 9.99. The van der Waals surface area contributed by atoms with Gasteiger partial charge in [-0.2, -0.15) is 0 Å². The fraction of sp³-hybridized carbons (Fsp3) is 0.250. The molecule has 0 aliphatic carbocycles. The lowest BCUT2D eigenvalue weighted by atomic mass is 10.1. The van der Waals surface area contributed by atoms with Gasteiger partial charge in [0.05, 0.1) is 17.8 Å². The molecule has 0 unspecified atom stereocenters. The summed E-state index contributed by atoms with van der Waals surface area (Å²) in [5.74, 6) is 0.282. The number of rotatable bonds is 3. The maximum Gasteiger partial charge on any atom is 0.161 e. The highest BCUT2D eigenvalue weighted by Gasteiger charge is 2.17. The van der Waals surface area contributed by atoms with Crippen molar-refractivity contribution in [2.24, 2.45) is 0 Å². The third-order valence-electron chi connectivity index (χ3n) is 3.74. The van der Waals surface area contributed by atoms with E-state index >= 15 is 0 Å². The molecule has 0 aliphatic heterocycles. The van der Waals surface area contributed by atoms with Crippen LogP contribution in [-0.2, 0) is 6.54 Å². The van der Waals surface area contributed by atoms with Crippen LogP contribution in [0.1, 0.15) is 34.3 Å². The number of aryl methyl sites for hydroxylation is 2. The molecule has 2 heterocycles. The molecule has 21 heavy (non-hydrogen) atoms. The van der Waals surface area contributed by atoms with Crippen molar-refractivity contribution in [2.75, 3.05) is 0 Å². The Balaban J connectivity index is 2.21. The van der Waals surface area contributed by atoms with E-state index in [2.05, 4.69) is 5.16 Å². The summed E-state index contributed by atoms with van der Waals surface area (Å²) in [6, 6.07) is 4.78. The Kier molecular flexibility index (Phi) is 3.12. The lowest BCUT2D eigenvalue weighted by Gasteiger charge is -2.05. The van der Waals surface area contributed by atoms with Crippen LogP contribution in [0.4, 0.5) is 4.39 Å². The van der Waals surface area contributed by atoms with Gasteiger partial charge in [-0.15, -0.1) is 0 Å². The van der Waals surface area contributed by atoms with Gasteiger partial charge in [0.1, 0.15) is 11.6 Å². The minimum absolute atomic E-state index is 0.0805. The van der Waals surface area contributed by atoms with Gasteiger partial charge in [-0.05, 0) is 26.8 Å². The molecule has 0 fully saturated rings. The summed E-state index contributed by atoms with van der Waals surface area (Å²) in [6.07, 6.45) is 1.70. The Bertz CT molecular complexity index is 826. The van der Waals surface area contributed by atoms with E-state index in [0.717, 1.165) is 11.3 Å². The van der Waals surface area contributed by atoms with Crippen LogP contribution in [0, 0.1) is 19.7 Å². The molecule has 108 valence electrons. The van der Waals surface area contributed by atoms with E-state index in [1.807, 2.05) is 13.8 Å². The SMILES string of the molecule is CC(=O)c1cn(Cc2c(C)noc2C)c2c(F)cccc12. The topological polar surface area (TPSA) is 48.0 Å². The average Bonchev–Trinajstić information content (AvgIpc) is 2.95. The van der Waals surface area contributed by atoms with Crippen molar-refractivity contribution in [1.29, 1.82) is 0 Å². The number of nitrogens with zero attached hydrogens (tertiary/aromatic N) is 2. The lowest BCUT2D eigenvalue weighted by Crippen LogP contribution is -2.01. The van der Waals surface area contributed by atoms with Crippen molar-refractivity contribution in [2.45, 2.75) is 27.3 Å². The van der Waals surface area contributed by atoms with Crippen LogP contribution in [0.2, 0.25) is 0 Å². The Labute approximate surface area is 121 Å². The van der Waals surface area contributed by atoms with E-state index in [1.165, 1.54) is 13.0 Å². The van der Waals surface area contributed by atoms with Gasteiger partial charge in [0.2, 0.25) is 0 Å². The summed E-state index contributed by atoms with van der Waals surface area (Å²) in [5.41, 5.74) is 2.64. The number of halogens is 1. The summed E-state index contributed by atoms with van der Waals surface area (Å²) < 4.78 is 21.1. The zero-order valence-electron chi connectivity index (χ0n) is 12.1. The summed E-state index contributed by atoms with van der Waals surface area (Å²) >= 11 is 0. The number of ketones is 1. The smallest absolute Gasteiger partial charge is 0.161 e. The number of carbonyl (C=O) groups excluding carboxylic acids is 1. The second-order valence-corrected chi connectivity index (χ2v) is 5.17. The molecule has 0 aliphatic rings. The van der Waals surface area contributed by atoms with Gasteiger partial charge >= 0.3 is 0 Å². The first kappa shape index (κ1) is 13.5. The van der Waals surface area contributed by atoms with Crippen molar-refractivity contribution in [3.05, 3.63) is 52.8 Å². The first-order valence-electron chi connectivity index (χ1n) is 6.69. The molecule has 3 rings (SSSR count). The van der Waals surface area contributed by atoms with Crippen molar-refractivity contribution in [3.8, 4) is 0 Å². The number of hydrogen-bond acceptors (Lipinski definition) is 3. The molecule has 0 atom stereocenters. The highest BCUT2D eigenvalue weighted by molar-refractivity contribution is 6.07. The number of Topliss-reactive ketones (excluding diaryl/α,β-unsaturated/α-hetero) is 1. The molecule has 3 aromatic rings. The molecule has 0 N–H and O–H groups in total. The quantitative estimate of drug-likeness (QED) is 0.691. The van der Waals surface area contributed by atoms with Gasteiger partial charge in [-0.25, -0.2) is 4.39 Å². The lowest BCUT2D eigenvalue weighted by molar-refractivity contribution is 0.101. The third-order valence-corrected chi connectivity index (χ3v) is 3.74. The molecule has 0 radical (unpaired) electrons. The number of benzene rings is 1. The Morgan fingerprint density at radius 1 is 1.38 bits per heavy atom. The van der Waals surface area contributed by atoms with E-state index in [0.29, 0.717) is 28.8 Å². The maximum atomic E-state index is 14.2. The van der Waals surface area contributed by atoms with Gasteiger partial charge in [-0.1, -0.05) is 17.3 Å². The summed E-state index contributed by atoms with van der Waals surface area (Å²) in [5, 5.41) is 4.54. The highest BCUT2D eigenvalue weighted by Crippen LogP contribution is 2.26. The van der Waals surface area contributed by atoms with Crippen LogP contribution in [-0.4, -0.2) is 15.5 Å². The van der Waals surface area contributed by atoms with Gasteiger partial charge < -0.3 is 9.09 Å². The van der Waals surface area contributed by atoms with Crippen LogP contribution in [0.5, 0.6) is 0 Å². The molecule has 2 aromatic heterocycles. The minimum Gasteiger partial charge on any atom is -0.361 e. The Hall–Kier alpha value is -2.43. The first-order valence-corrected chi connectivity index (χ1v) is 6.69. The zero-order valence-corrected chi connectivity index (χ0v) is 12.1. The van der Waals surface area contributed by atoms with Gasteiger partial charge in [0.15, 0.2) is 5.78 Å². The van der Waals surface area contributed by atoms with Gasteiger partial charge in [0, 0.05) is 22.7 Å². The van der Waals surface area contributed by atoms with Crippen LogP contribution in [0.15, 0.2) is 28.9 Å². The fourth-order valence-electron chi connectivity index (χ4n) is 2.62. The Morgan fingerprint density at radius 3 is 2.76 bits per heavy atom. The molecule has 0 spiro atoms. The molecule has 4 nitrogen and oxygen atoms in total. The van der Waals surface area contributed by atoms with Crippen molar-refractivity contribution in [1.82, 2.24) is 9.72 Å². The van der Waals surface area contributed by atoms with Gasteiger partial charge in [0.25, 0.3) is 0 Å². The second kappa shape index (κ2) is 4.84. The predicted octanol–water partition coefficient (Wildman–Crippen LogP) is 3.64. The van der Waals surface area contributed by atoms with E-state index in [1.54, 1.807) is 22.9 Å². The van der Waals surface area contributed by atoms with Crippen molar-refractivity contribution in [3.63, 3.8) is 0 Å². The van der Waals surface area contributed by atoms with E-state index < -0.39 is 0 Å². The number of carbonyl (C=O) groups is 1. The van der Waals surface area contributed by atoms with Crippen LogP contribution in [0.25, 0.3) is 10.9 Å². The van der Waals surface area contributed by atoms with E-state index in [-0.39, 0.29) is 11.6 Å². The molecule has 0 bridgehead atoms. The van der Waals surface area contributed by atoms with E-state index in [4.69, 9.17) is 4.52 Å². The Morgan fingerprint density at radius 2 is 2.14 bits per heavy atom. The summed E-state index contributed by atoms with van der Waals surface area (Å²) in [4.78, 5) is 11.8. The third kappa shape index (κ3) is 2.14. The highest BCUT2D eigenvalue weighted by atomic mass is 19.1. The maximum absolute atomic E-state index is 14.2. The number of fused-ring (bicyclic) bond motifs is 1. The molecular weight excluding hydrogens is 271 g/mol. The molecular formula is C16H15FN2O2. The van der Waals surface area contributed by atoms with E-state index in [9.17, 15) is 9.18 Å². The molecule has 0 amide bonds. The van der Waals surface area contributed by atoms with Gasteiger partial charge in [-0.3, -0.25) is 4.79 Å². The van der Waals surface area contributed by atoms with Crippen molar-refractivity contribution >= 4 is 16.7 Å². The normalized spacial score (nSPS) is 11.2. The monoisotopic (exact) mass is 286 g/mol. The van der Waals surface area contributed by atoms with Crippen LogP contribution < -0.4 is 0 Å². The molecule has 5 heteroatoms. The second-order valence-electron chi connectivity index (χ2n) is 5.17. The number of hydrogen-bond donors (Lipinski definition) is 0. The minimum atomic E-state index is -0.341. The summed E-state index contributed by atoms with van der Waals surface area (Å²) in [6.45, 7) is 5.58. The van der Waals surface area contributed by atoms with Crippen molar-refractivity contribution < 1.29 is 13.7 Å². The molecule has 0 saturated heterocycles. The number of aromatic nitrogens is 2. The average molecular weight is 286 g/mol. The van der Waals surface area contributed by atoms with Crippen LogP contribution in [0.3, 0.4) is 0 Å². The largest absolute Gasteiger partial charge is 0.361 e. The fourth-order valence-corrected chi connectivity index (χ4v) is 2.62. The standard InChI is InChI=1S/C16H15FN2O2/c1-9-13(11(3)21-18-9)7-19-8-14(10(2)20)12-5-4-6-15(17)16(12)19/h4-6,8H,7H2,1-3H3. The summed E-state index contributed by atoms with van der Waals surface area (Å²) in [7, 11) is 0. The molecule has 0 saturated carbocycles.